The molecule has 1 saturated carbocycles. The van der Waals surface area contributed by atoms with E-state index in [9.17, 15) is 23.6 Å². The van der Waals surface area contributed by atoms with Crippen LogP contribution in [0, 0.1) is 23.0 Å². The van der Waals surface area contributed by atoms with E-state index in [0.29, 0.717) is 59.8 Å². The summed E-state index contributed by atoms with van der Waals surface area (Å²) in [5.74, 6) is -3.10. The molecular formula is C32H36F2N4O5. The van der Waals surface area contributed by atoms with Crippen molar-refractivity contribution in [3.63, 3.8) is 0 Å². The Kier molecular flexibility index (Phi) is 8.27. The molecule has 2 aromatic carbocycles. The fraction of sp³-hybridized carbons (Fsp3) is 0.438. The van der Waals surface area contributed by atoms with Gasteiger partial charge in [-0.1, -0.05) is 13.8 Å². The number of rotatable bonds is 8. The number of amides is 2. The highest BCUT2D eigenvalue weighted by molar-refractivity contribution is 6.06. The highest BCUT2D eigenvalue weighted by Crippen LogP contribution is 2.44. The number of anilines is 1. The third kappa shape index (κ3) is 6.25. The van der Waals surface area contributed by atoms with Crippen LogP contribution in [0.25, 0.3) is 22.0 Å². The van der Waals surface area contributed by atoms with Gasteiger partial charge < -0.3 is 21.1 Å². The van der Waals surface area contributed by atoms with Crippen LogP contribution in [0.2, 0.25) is 0 Å². The second kappa shape index (κ2) is 11.8. The highest BCUT2D eigenvalue weighted by atomic mass is 19.1. The average Bonchev–Trinajstić information content (AvgIpc) is 3.23. The molecule has 228 valence electrons. The molecule has 43 heavy (non-hydrogen) atoms. The number of nitrogens with two attached hydrogens (primary N) is 1. The first-order valence-corrected chi connectivity index (χ1v) is 14.5. The predicted molar refractivity (Wildman–Crippen MR) is 158 cm³/mol. The van der Waals surface area contributed by atoms with Crippen molar-refractivity contribution < 1.29 is 32.7 Å². The molecule has 0 saturated heterocycles. The van der Waals surface area contributed by atoms with E-state index in [1.165, 1.54) is 29.7 Å². The molecule has 4 N–H and O–H groups in total. The van der Waals surface area contributed by atoms with Gasteiger partial charge in [-0.2, -0.15) is 0 Å². The summed E-state index contributed by atoms with van der Waals surface area (Å²) in [6.45, 7) is 5.61. The lowest BCUT2D eigenvalue weighted by atomic mass is 9.80. The van der Waals surface area contributed by atoms with Crippen molar-refractivity contribution in [3.05, 3.63) is 53.2 Å². The fourth-order valence-corrected chi connectivity index (χ4v) is 6.44. The molecular weight excluding hydrogens is 558 g/mol. The molecule has 1 aliphatic heterocycles. The van der Waals surface area contributed by atoms with Gasteiger partial charge in [-0.25, -0.2) is 8.78 Å². The first-order valence-electron chi connectivity index (χ1n) is 14.5. The fourth-order valence-electron chi connectivity index (χ4n) is 6.44. The van der Waals surface area contributed by atoms with Gasteiger partial charge in [0.25, 0.3) is 5.91 Å². The molecule has 1 aromatic heterocycles. The van der Waals surface area contributed by atoms with Gasteiger partial charge in [0.1, 0.15) is 18.2 Å². The van der Waals surface area contributed by atoms with E-state index in [4.69, 9.17) is 10.5 Å². The number of esters is 1. The van der Waals surface area contributed by atoms with Crippen molar-refractivity contribution >= 4 is 40.3 Å². The maximum Gasteiger partial charge on any atom is 0.302 e. The third-order valence-corrected chi connectivity index (χ3v) is 8.34. The first-order chi connectivity index (χ1) is 20.3. The van der Waals surface area contributed by atoms with Crippen molar-refractivity contribution in [2.75, 3.05) is 18.5 Å². The number of carbonyl (C=O) groups excluding carboxylic acids is 4. The number of aromatic nitrogens is 1. The van der Waals surface area contributed by atoms with Gasteiger partial charge in [-0.05, 0) is 73.4 Å². The standard InChI is InChI=1S/C32H36F2N4O5/c1-17(39)43-11-10-36-31(42)18-4-7-21(8-5-18)37-24-13-19(12-23(34)29(24)30(35)41)28-22-9-6-20(33)14-25(22)38-26(28)15-32(2,3)16-27(38)40/h6,9,12-14,18,21,37H,4-5,7-8,10-11,15-16H2,1-3H3,(H2,35,41)(H,36,42). The Balaban J connectivity index is 1.44. The largest absolute Gasteiger partial charge is 0.464 e. The quantitative estimate of drug-likeness (QED) is 0.250. The monoisotopic (exact) mass is 594 g/mol. The molecule has 2 amide bonds. The van der Waals surface area contributed by atoms with E-state index < -0.39 is 23.5 Å². The Morgan fingerprint density at radius 1 is 1.07 bits per heavy atom. The van der Waals surface area contributed by atoms with Crippen LogP contribution in [0.1, 0.15) is 73.7 Å². The van der Waals surface area contributed by atoms with Crippen LogP contribution in [0.5, 0.6) is 0 Å². The van der Waals surface area contributed by atoms with Crippen LogP contribution in [-0.4, -0.2) is 47.5 Å². The molecule has 1 fully saturated rings. The van der Waals surface area contributed by atoms with Crippen LogP contribution < -0.4 is 16.4 Å². The van der Waals surface area contributed by atoms with Gasteiger partial charge in [0.2, 0.25) is 11.8 Å². The number of benzene rings is 2. The summed E-state index contributed by atoms with van der Waals surface area (Å²) in [7, 11) is 0. The Labute approximate surface area is 248 Å². The summed E-state index contributed by atoms with van der Waals surface area (Å²) in [6.07, 6.45) is 3.14. The zero-order valence-corrected chi connectivity index (χ0v) is 24.5. The van der Waals surface area contributed by atoms with Crippen molar-refractivity contribution in [2.45, 2.75) is 65.3 Å². The average molecular weight is 595 g/mol. The van der Waals surface area contributed by atoms with Crippen LogP contribution in [0.3, 0.4) is 0 Å². The zero-order valence-electron chi connectivity index (χ0n) is 24.5. The second-order valence-electron chi connectivity index (χ2n) is 12.3. The minimum atomic E-state index is -0.922. The van der Waals surface area contributed by atoms with Crippen LogP contribution in [0.4, 0.5) is 14.5 Å². The van der Waals surface area contributed by atoms with E-state index in [2.05, 4.69) is 10.6 Å². The summed E-state index contributed by atoms with van der Waals surface area (Å²) in [5, 5.41) is 6.69. The molecule has 0 radical (unpaired) electrons. The number of ether oxygens (including phenoxy) is 1. The molecule has 1 aliphatic carbocycles. The minimum absolute atomic E-state index is 0.108. The SMILES string of the molecule is CC(=O)OCCNC(=O)C1CCC(Nc2cc(-c3c4n(c5cc(F)ccc35)C(=O)CC(C)(C)C4)cc(F)c2C(N)=O)CC1. The lowest BCUT2D eigenvalue weighted by molar-refractivity contribution is -0.141. The third-order valence-electron chi connectivity index (χ3n) is 8.34. The molecule has 3 aromatic rings. The van der Waals surface area contributed by atoms with E-state index in [-0.39, 0.29) is 60.0 Å². The van der Waals surface area contributed by atoms with E-state index in [1.54, 1.807) is 12.1 Å². The van der Waals surface area contributed by atoms with Gasteiger partial charge in [-0.15, -0.1) is 0 Å². The minimum Gasteiger partial charge on any atom is -0.464 e. The normalized spacial score (nSPS) is 19.5. The number of nitrogens with one attached hydrogen (secondary N) is 2. The molecule has 0 atom stereocenters. The number of fused-ring (bicyclic) bond motifs is 3. The zero-order chi connectivity index (χ0) is 31.1. The lowest BCUT2D eigenvalue weighted by Crippen LogP contribution is -2.37. The van der Waals surface area contributed by atoms with Crippen LogP contribution >= 0.6 is 0 Å². The van der Waals surface area contributed by atoms with Crippen molar-refractivity contribution in [3.8, 4) is 11.1 Å². The molecule has 5 rings (SSSR count). The topological polar surface area (TPSA) is 133 Å². The Morgan fingerprint density at radius 2 is 1.79 bits per heavy atom. The number of hydrogen-bond acceptors (Lipinski definition) is 6. The molecule has 0 unspecified atom stereocenters. The van der Waals surface area contributed by atoms with E-state index in [1.807, 2.05) is 13.8 Å². The molecule has 2 heterocycles. The number of hydrogen-bond donors (Lipinski definition) is 3. The van der Waals surface area contributed by atoms with Gasteiger partial charge in [-0.3, -0.25) is 23.7 Å². The van der Waals surface area contributed by atoms with Crippen molar-refractivity contribution in [2.24, 2.45) is 17.1 Å². The highest BCUT2D eigenvalue weighted by Gasteiger charge is 2.36. The smallest absolute Gasteiger partial charge is 0.302 e. The summed E-state index contributed by atoms with van der Waals surface area (Å²) in [4.78, 5) is 49.1. The summed E-state index contributed by atoms with van der Waals surface area (Å²) in [6, 6.07) is 6.99. The number of primary amides is 1. The first kappa shape index (κ1) is 30.2. The summed E-state index contributed by atoms with van der Waals surface area (Å²) < 4.78 is 36.3. The van der Waals surface area contributed by atoms with Crippen LogP contribution in [-0.2, 0) is 20.7 Å². The molecule has 2 aliphatic rings. The summed E-state index contributed by atoms with van der Waals surface area (Å²) in [5.41, 5.74) is 7.36. The molecule has 0 bridgehead atoms. The van der Waals surface area contributed by atoms with Gasteiger partial charge >= 0.3 is 5.97 Å². The van der Waals surface area contributed by atoms with Crippen molar-refractivity contribution in [1.29, 1.82) is 0 Å². The Hall–Kier alpha value is -4.28. The summed E-state index contributed by atoms with van der Waals surface area (Å²) >= 11 is 0. The number of halogens is 2. The second-order valence-corrected chi connectivity index (χ2v) is 12.3. The van der Waals surface area contributed by atoms with Gasteiger partial charge in [0.15, 0.2) is 0 Å². The van der Waals surface area contributed by atoms with Gasteiger partial charge in [0, 0.05) is 41.9 Å². The maximum absolute atomic E-state index is 15.6. The number of nitrogens with zero attached hydrogens (tertiary/aromatic N) is 1. The Bertz CT molecular complexity index is 1620. The van der Waals surface area contributed by atoms with Crippen molar-refractivity contribution in [1.82, 2.24) is 9.88 Å². The number of carbonyl (C=O) groups is 4. The lowest BCUT2D eigenvalue weighted by Gasteiger charge is -2.31. The van der Waals surface area contributed by atoms with E-state index in [0.717, 1.165) is 0 Å². The molecule has 9 nitrogen and oxygen atoms in total. The Morgan fingerprint density at radius 3 is 2.47 bits per heavy atom. The predicted octanol–water partition coefficient (Wildman–Crippen LogP) is 4.95. The van der Waals surface area contributed by atoms with E-state index >= 15 is 4.39 Å². The maximum atomic E-state index is 15.6. The molecule has 11 heteroatoms. The van der Waals surface area contributed by atoms with Crippen LogP contribution in [0.15, 0.2) is 30.3 Å². The molecule has 0 spiro atoms. The van der Waals surface area contributed by atoms with Gasteiger partial charge in [0.05, 0.1) is 23.3 Å².